The number of nitrogens with zero attached hydrogens (tertiary/aromatic N) is 2. The van der Waals surface area contributed by atoms with Gasteiger partial charge < -0.3 is 4.42 Å². The van der Waals surface area contributed by atoms with Gasteiger partial charge in [0.1, 0.15) is 16.8 Å². The van der Waals surface area contributed by atoms with Crippen LogP contribution in [0.15, 0.2) is 174 Å². The molecule has 10 aromatic rings. The predicted molar refractivity (Wildman–Crippen MR) is 204 cm³/mol. The molecule has 3 heteroatoms. The molecule has 0 unspecified atom stereocenters. The summed E-state index contributed by atoms with van der Waals surface area (Å²) in [4.78, 5) is 10.2. The Labute approximate surface area is 282 Å². The summed E-state index contributed by atoms with van der Waals surface area (Å²) in [5, 5.41) is 8.63. The van der Waals surface area contributed by atoms with Gasteiger partial charge in [-0.2, -0.15) is 0 Å². The summed E-state index contributed by atoms with van der Waals surface area (Å²) in [5.74, 6) is 0.670. The molecule has 0 bridgehead atoms. The van der Waals surface area contributed by atoms with Crippen molar-refractivity contribution in [2.24, 2.45) is 0 Å². The summed E-state index contributed by atoms with van der Waals surface area (Å²) in [6, 6.07) is 59.8. The lowest BCUT2D eigenvalue weighted by atomic mass is 9.92. The number of aromatic nitrogens is 2. The van der Waals surface area contributed by atoms with Crippen LogP contribution in [0.3, 0.4) is 0 Å². The SMILES string of the molecule is c1ccc(-c2ccc3c(c2)oc2c(-c4ccccc4)nc(-c4ccc(-c5ccc6c7ccccc7c7ccccc7c6c5)cc4)nc23)cc1. The fourth-order valence-electron chi connectivity index (χ4n) is 7.27. The standard InChI is InChI=1S/C46H28N2O/c1-3-11-29(12-4-1)34-24-26-40-42(28-34)49-45-43(31-13-5-2-6-14-31)47-46(48-44(40)45)32-21-19-30(20-22-32)33-23-25-39-37-17-8-7-15-35(37)36-16-9-10-18-38(36)41(39)27-33/h1-28H. The average Bonchev–Trinajstić information content (AvgIpc) is 3.56. The highest BCUT2D eigenvalue weighted by molar-refractivity contribution is 6.25. The van der Waals surface area contributed by atoms with Gasteiger partial charge in [0.25, 0.3) is 0 Å². The Morgan fingerprint density at radius 1 is 0.327 bits per heavy atom. The fourth-order valence-corrected chi connectivity index (χ4v) is 7.27. The molecular formula is C46H28N2O. The zero-order chi connectivity index (χ0) is 32.3. The summed E-state index contributed by atoms with van der Waals surface area (Å²) in [5.41, 5.74) is 9.62. The van der Waals surface area contributed by atoms with Crippen LogP contribution >= 0.6 is 0 Å². The van der Waals surface area contributed by atoms with E-state index >= 15 is 0 Å². The fraction of sp³-hybridized carbons (Fsp3) is 0. The third-order valence-electron chi connectivity index (χ3n) is 9.69. The minimum absolute atomic E-state index is 0.670. The molecule has 0 aliphatic heterocycles. The minimum atomic E-state index is 0.670. The van der Waals surface area contributed by atoms with Crippen LogP contribution in [-0.4, -0.2) is 9.97 Å². The molecule has 10 rings (SSSR count). The van der Waals surface area contributed by atoms with Gasteiger partial charge in [0.15, 0.2) is 11.4 Å². The molecule has 0 saturated carbocycles. The molecule has 0 atom stereocenters. The first-order valence-corrected chi connectivity index (χ1v) is 16.6. The Bertz CT molecular complexity index is 2820. The highest BCUT2D eigenvalue weighted by Crippen LogP contribution is 2.39. The van der Waals surface area contributed by atoms with Gasteiger partial charge in [-0.15, -0.1) is 0 Å². The van der Waals surface area contributed by atoms with E-state index in [1.54, 1.807) is 0 Å². The van der Waals surface area contributed by atoms with Gasteiger partial charge in [-0.05, 0) is 72.8 Å². The monoisotopic (exact) mass is 624 g/mol. The molecule has 49 heavy (non-hydrogen) atoms. The Hall–Kier alpha value is -6.58. The van der Waals surface area contributed by atoms with Crippen molar-refractivity contribution in [3.8, 4) is 44.9 Å². The molecule has 0 fully saturated rings. The molecule has 228 valence electrons. The second-order valence-electron chi connectivity index (χ2n) is 12.5. The van der Waals surface area contributed by atoms with Crippen LogP contribution in [-0.2, 0) is 0 Å². The Morgan fingerprint density at radius 2 is 0.796 bits per heavy atom. The number of fused-ring (bicyclic) bond motifs is 9. The smallest absolute Gasteiger partial charge is 0.180 e. The van der Waals surface area contributed by atoms with Crippen molar-refractivity contribution in [2.45, 2.75) is 0 Å². The van der Waals surface area contributed by atoms with E-state index in [9.17, 15) is 0 Å². The van der Waals surface area contributed by atoms with Crippen LogP contribution in [0.4, 0.5) is 0 Å². The van der Waals surface area contributed by atoms with Gasteiger partial charge in [-0.25, -0.2) is 9.97 Å². The third kappa shape index (κ3) is 4.51. The number of hydrogen-bond donors (Lipinski definition) is 0. The van der Waals surface area contributed by atoms with Gasteiger partial charge in [0.05, 0.1) is 0 Å². The third-order valence-corrected chi connectivity index (χ3v) is 9.69. The number of rotatable bonds is 4. The lowest BCUT2D eigenvalue weighted by Gasteiger charge is -2.12. The summed E-state index contributed by atoms with van der Waals surface area (Å²) < 4.78 is 6.54. The zero-order valence-corrected chi connectivity index (χ0v) is 26.5. The number of furan rings is 1. The summed E-state index contributed by atoms with van der Waals surface area (Å²) in [6.45, 7) is 0. The average molecular weight is 625 g/mol. The molecule has 0 N–H and O–H groups in total. The van der Waals surface area contributed by atoms with Gasteiger partial charge in [-0.3, -0.25) is 0 Å². The van der Waals surface area contributed by atoms with E-state index in [1.165, 1.54) is 37.9 Å². The maximum Gasteiger partial charge on any atom is 0.180 e. The van der Waals surface area contributed by atoms with Crippen molar-refractivity contribution in [1.29, 1.82) is 0 Å². The molecule has 0 aliphatic rings. The second kappa shape index (κ2) is 11.0. The zero-order valence-electron chi connectivity index (χ0n) is 26.5. The predicted octanol–water partition coefficient (Wildman–Crippen LogP) is 12.5. The van der Waals surface area contributed by atoms with Crippen LogP contribution in [0.25, 0.3) is 99.3 Å². The largest absolute Gasteiger partial charge is 0.452 e. The van der Waals surface area contributed by atoms with E-state index in [4.69, 9.17) is 14.4 Å². The van der Waals surface area contributed by atoms with E-state index in [-0.39, 0.29) is 0 Å². The second-order valence-corrected chi connectivity index (χ2v) is 12.5. The van der Waals surface area contributed by atoms with Crippen molar-refractivity contribution in [1.82, 2.24) is 9.97 Å². The Balaban J connectivity index is 1.10. The Morgan fingerprint density at radius 3 is 1.45 bits per heavy atom. The molecule has 0 radical (unpaired) electrons. The first kappa shape index (κ1) is 27.5. The number of hydrogen-bond acceptors (Lipinski definition) is 3. The molecule has 2 aromatic heterocycles. The lowest BCUT2D eigenvalue weighted by molar-refractivity contribution is 0.667. The highest BCUT2D eigenvalue weighted by Gasteiger charge is 2.19. The van der Waals surface area contributed by atoms with E-state index < -0.39 is 0 Å². The summed E-state index contributed by atoms with van der Waals surface area (Å²) in [6.07, 6.45) is 0. The molecule has 8 aromatic carbocycles. The van der Waals surface area contributed by atoms with Gasteiger partial charge in [-0.1, -0.05) is 152 Å². The van der Waals surface area contributed by atoms with Crippen LogP contribution in [0, 0.1) is 0 Å². The van der Waals surface area contributed by atoms with Crippen molar-refractivity contribution in [2.75, 3.05) is 0 Å². The van der Waals surface area contributed by atoms with Gasteiger partial charge in [0, 0.05) is 16.5 Å². The number of benzene rings is 8. The molecule has 0 spiro atoms. The normalized spacial score (nSPS) is 11.7. The van der Waals surface area contributed by atoms with E-state index in [0.717, 1.165) is 50.0 Å². The molecule has 2 heterocycles. The van der Waals surface area contributed by atoms with Crippen LogP contribution in [0.2, 0.25) is 0 Å². The molecular weight excluding hydrogens is 597 g/mol. The molecule has 0 amide bonds. The van der Waals surface area contributed by atoms with Crippen LogP contribution in [0.1, 0.15) is 0 Å². The first-order chi connectivity index (χ1) is 24.3. The quantitative estimate of drug-likeness (QED) is 0.183. The van der Waals surface area contributed by atoms with Crippen molar-refractivity contribution >= 4 is 54.4 Å². The van der Waals surface area contributed by atoms with E-state index in [1.807, 2.05) is 24.3 Å². The topological polar surface area (TPSA) is 38.9 Å². The van der Waals surface area contributed by atoms with Crippen molar-refractivity contribution in [3.63, 3.8) is 0 Å². The molecule has 3 nitrogen and oxygen atoms in total. The lowest BCUT2D eigenvalue weighted by Crippen LogP contribution is -1.94. The maximum atomic E-state index is 6.54. The van der Waals surface area contributed by atoms with Crippen LogP contribution in [0.5, 0.6) is 0 Å². The first-order valence-electron chi connectivity index (χ1n) is 16.6. The molecule has 0 aliphatic carbocycles. The highest BCUT2D eigenvalue weighted by atomic mass is 16.3. The Kier molecular flexibility index (Phi) is 6.18. The van der Waals surface area contributed by atoms with E-state index in [0.29, 0.717) is 11.4 Å². The summed E-state index contributed by atoms with van der Waals surface area (Å²) in [7, 11) is 0. The van der Waals surface area contributed by atoms with Crippen molar-refractivity contribution < 1.29 is 4.42 Å². The van der Waals surface area contributed by atoms with Gasteiger partial charge >= 0.3 is 0 Å². The van der Waals surface area contributed by atoms with Gasteiger partial charge in [0.2, 0.25) is 0 Å². The van der Waals surface area contributed by atoms with Crippen molar-refractivity contribution in [3.05, 3.63) is 170 Å². The van der Waals surface area contributed by atoms with E-state index in [2.05, 4.69) is 146 Å². The van der Waals surface area contributed by atoms with Crippen LogP contribution < -0.4 is 0 Å². The summed E-state index contributed by atoms with van der Waals surface area (Å²) >= 11 is 0. The molecule has 0 saturated heterocycles. The minimum Gasteiger partial charge on any atom is -0.452 e. The maximum absolute atomic E-state index is 6.54.